The van der Waals surface area contributed by atoms with Gasteiger partial charge in [0.15, 0.2) is 0 Å². The first-order valence-corrected chi connectivity index (χ1v) is 14.1. The van der Waals surface area contributed by atoms with Gasteiger partial charge in [-0.3, -0.25) is 13.9 Å². The van der Waals surface area contributed by atoms with Crippen LogP contribution in [0.3, 0.4) is 0 Å². The molecule has 1 aliphatic rings. The zero-order chi connectivity index (χ0) is 25.8. The number of amides is 2. The van der Waals surface area contributed by atoms with E-state index >= 15 is 0 Å². The molecule has 7 nitrogen and oxygen atoms in total. The van der Waals surface area contributed by atoms with Crippen LogP contribution in [0.1, 0.15) is 49.3 Å². The van der Waals surface area contributed by atoms with Gasteiger partial charge in [0.2, 0.25) is 21.8 Å². The van der Waals surface area contributed by atoms with Crippen LogP contribution in [0.25, 0.3) is 0 Å². The number of sulfonamides is 1. The Labute approximate surface area is 213 Å². The molecule has 35 heavy (non-hydrogen) atoms. The van der Waals surface area contributed by atoms with Gasteiger partial charge in [-0.25, -0.2) is 8.42 Å². The minimum atomic E-state index is -3.76. The molecule has 1 aliphatic carbocycles. The largest absolute Gasteiger partial charge is 0.352 e. The van der Waals surface area contributed by atoms with Crippen LogP contribution in [0, 0.1) is 13.8 Å². The zero-order valence-corrected chi connectivity index (χ0v) is 22.3. The summed E-state index contributed by atoms with van der Waals surface area (Å²) >= 11 is 6.15. The second-order valence-corrected chi connectivity index (χ2v) is 11.8. The van der Waals surface area contributed by atoms with E-state index in [1.165, 1.54) is 4.90 Å². The summed E-state index contributed by atoms with van der Waals surface area (Å²) in [6.07, 6.45) is 5.08. The van der Waals surface area contributed by atoms with E-state index in [-0.39, 0.29) is 18.5 Å². The van der Waals surface area contributed by atoms with E-state index in [2.05, 4.69) is 5.32 Å². The van der Waals surface area contributed by atoms with Crippen molar-refractivity contribution in [2.45, 2.75) is 65.1 Å². The van der Waals surface area contributed by atoms with Gasteiger partial charge in [0, 0.05) is 17.6 Å². The van der Waals surface area contributed by atoms with Crippen molar-refractivity contribution in [3.8, 4) is 0 Å². The van der Waals surface area contributed by atoms with Crippen LogP contribution in [0.15, 0.2) is 42.5 Å². The van der Waals surface area contributed by atoms with Crippen LogP contribution in [0.2, 0.25) is 5.02 Å². The Kier molecular flexibility index (Phi) is 8.83. The topological polar surface area (TPSA) is 86.8 Å². The average molecular weight is 520 g/mol. The molecular weight excluding hydrogens is 486 g/mol. The minimum Gasteiger partial charge on any atom is -0.352 e. The fourth-order valence-corrected chi connectivity index (χ4v) is 5.56. The van der Waals surface area contributed by atoms with Gasteiger partial charge in [-0.2, -0.15) is 0 Å². The maximum Gasteiger partial charge on any atom is 0.244 e. The van der Waals surface area contributed by atoms with Crippen LogP contribution in [-0.2, 0) is 26.2 Å². The maximum atomic E-state index is 13.6. The molecule has 0 aliphatic heterocycles. The Morgan fingerprint density at radius 3 is 2.29 bits per heavy atom. The summed E-state index contributed by atoms with van der Waals surface area (Å²) in [5.41, 5.74) is 2.95. The lowest BCUT2D eigenvalue weighted by atomic mass is 10.1. The van der Waals surface area contributed by atoms with E-state index < -0.39 is 28.5 Å². The molecule has 0 saturated heterocycles. The highest BCUT2D eigenvalue weighted by atomic mass is 35.5. The highest BCUT2D eigenvalue weighted by Gasteiger charge is 2.31. The van der Waals surface area contributed by atoms with E-state index in [0.29, 0.717) is 10.7 Å². The number of halogens is 1. The summed E-state index contributed by atoms with van der Waals surface area (Å²) in [6.45, 7) is 5.14. The van der Waals surface area contributed by atoms with E-state index in [0.717, 1.165) is 52.9 Å². The summed E-state index contributed by atoms with van der Waals surface area (Å²) < 4.78 is 26.5. The number of rotatable bonds is 9. The van der Waals surface area contributed by atoms with Crippen molar-refractivity contribution in [1.82, 2.24) is 10.2 Å². The minimum absolute atomic E-state index is 0.107. The average Bonchev–Trinajstić information content (AvgIpc) is 3.26. The Morgan fingerprint density at radius 1 is 1.09 bits per heavy atom. The summed E-state index contributed by atoms with van der Waals surface area (Å²) in [5.74, 6) is -0.715. The molecule has 9 heteroatoms. The summed E-state index contributed by atoms with van der Waals surface area (Å²) in [6, 6.07) is 11.8. The highest BCUT2D eigenvalue weighted by molar-refractivity contribution is 7.92. The number of carbonyl (C=O) groups is 2. The number of aryl methyl sites for hydroxylation is 2. The van der Waals surface area contributed by atoms with Crippen LogP contribution in [-0.4, -0.2) is 50.0 Å². The van der Waals surface area contributed by atoms with Crippen LogP contribution in [0.5, 0.6) is 0 Å². The Hall–Kier alpha value is -2.58. The SMILES string of the molecule is Cc1cc(C)cc(N(CC(=O)N(Cc2cccc(Cl)c2)[C@H](C)C(=O)NC2CCCC2)S(C)(=O)=O)c1. The van der Waals surface area contributed by atoms with Crippen LogP contribution < -0.4 is 9.62 Å². The van der Waals surface area contributed by atoms with Gasteiger partial charge in [0.05, 0.1) is 11.9 Å². The Bertz CT molecular complexity index is 1160. The molecule has 0 spiro atoms. The third-order valence-electron chi connectivity index (χ3n) is 6.28. The van der Waals surface area contributed by atoms with Gasteiger partial charge in [-0.15, -0.1) is 0 Å². The van der Waals surface area contributed by atoms with Crippen molar-refractivity contribution in [3.05, 3.63) is 64.2 Å². The van der Waals surface area contributed by atoms with Crippen molar-refractivity contribution in [3.63, 3.8) is 0 Å². The monoisotopic (exact) mass is 519 g/mol. The summed E-state index contributed by atoms with van der Waals surface area (Å²) in [4.78, 5) is 28.1. The van der Waals surface area contributed by atoms with Crippen molar-refractivity contribution < 1.29 is 18.0 Å². The fraction of sp³-hybridized carbons (Fsp3) is 0.462. The van der Waals surface area contributed by atoms with Gasteiger partial charge in [0.25, 0.3) is 0 Å². The second kappa shape index (κ2) is 11.4. The van der Waals surface area contributed by atoms with Crippen molar-refractivity contribution in [2.24, 2.45) is 0 Å². The lowest BCUT2D eigenvalue weighted by Gasteiger charge is -2.32. The molecule has 0 bridgehead atoms. The number of hydrogen-bond donors (Lipinski definition) is 1. The third-order valence-corrected chi connectivity index (χ3v) is 7.66. The number of carbonyl (C=O) groups excluding carboxylic acids is 2. The van der Waals surface area contributed by atoms with Crippen LogP contribution in [0.4, 0.5) is 5.69 Å². The first-order chi connectivity index (χ1) is 16.4. The van der Waals surface area contributed by atoms with Crippen molar-refractivity contribution in [1.29, 1.82) is 0 Å². The number of hydrogen-bond acceptors (Lipinski definition) is 4. The smallest absolute Gasteiger partial charge is 0.244 e. The molecule has 1 saturated carbocycles. The van der Waals surface area contributed by atoms with Crippen molar-refractivity contribution >= 4 is 39.1 Å². The maximum absolute atomic E-state index is 13.6. The lowest BCUT2D eigenvalue weighted by Crippen LogP contribution is -2.52. The quantitative estimate of drug-likeness (QED) is 0.538. The first kappa shape index (κ1) is 27.0. The van der Waals surface area contributed by atoms with E-state index in [4.69, 9.17) is 11.6 Å². The normalized spacial score (nSPS) is 15.0. The molecule has 0 unspecified atom stereocenters. The molecular formula is C26H34ClN3O4S. The summed E-state index contributed by atoms with van der Waals surface area (Å²) in [7, 11) is -3.76. The van der Waals surface area contributed by atoms with Crippen LogP contribution >= 0.6 is 11.6 Å². The molecule has 1 atom stereocenters. The van der Waals surface area contributed by atoms with E-state index in [9.17, 15) is 18.0 Å². The van der Waals surface area contributed by atoms with E-state index in [1.807, 2.05) is 26.0 Å². The molecule has 0 aromatic heterocycles. The number of benzene rings is 2. The molecule has 2 amide bonds. The fourth-order valence-electron chi connectivity index (χ4n) is 4.51. The highest BCUT2D eigenvalue weighted by Crippen LogP contribution is 2.23. The van der Waals surface area contributed by atoms with E-state index in [1.54, 1.807) is 37.3 Å². The molecule has 2 aromatic rings. The molecule has 1 N–H and O–H groups in total. The molecule has 3 rings (SSSR count). The molecule has 2 aromatic carbocycles. The predicted octanol–water partition coefficient (Wildman–Crippen LogP) is 4.20. The second-order valence-electron chi connectivity index (χ2n) is 9.43. The number of nitrogens with zero attached hydrogens (tertiary/aromatic N) is 2. The standard InChI is InChI=1S/C26H34ClN3O4S/c1-18-12-19(2)14-24(13-18)30(35(4,33)34)17-25(31)29(16-21-8-7-9-22(27)15-21)20(3)26(32)28-23-10-5-6-11-23/h7-9,12-15,20,23H,5-6,10-11,16-17H2,1-4H3,(H,28,32)/t20-/m1/s1. The van der Waals surface area contributed by atoms with Gasteiger partial charge < -0.3 is 10.2 Å². The Morgan fingerprint density at radius 2 is 1.71 bits per heavy atom. The van der Waals surface area contributed by atoms with Gasteiger partial charge in [0.1, 0.15) is 12.6 Å². The molecule has 0 radical (unpaired) electrons. The third kappa shape index (κ3) is 7.45. The van der Waals surface area contributed by atoms with Crippen molar-refractivity contribution in [2.75, 3.05) is 17.1 Å². The number of anilines is 1. The lowest BCUT2D eigenvalue weighted by molar-refractivity contribution is -0.139. The van der Waals surface area contributed by atoms with Gasteiger partial charge in [-0.05, 0) is 74.6 Å². The first-order valence-electron chi connectivity index (χ1n) is 11.8. The Balaban J connectivity index is 1.90. The predicted molar refractivity (Wildman–Crippen MR) is 140 cm³/mol. The van der Waals surface area contributed by atoms with Gasteiger partial charge >= 0.3 is 0 Å². The molecule has 190 valence electrons. The van der Waals surface area contributed by atoms with Gasteiger partial charge in [-0.1, -0.05) is 42.6 Å². The summed E-state index contributed by atoms with van der Waals surface area (Å²) in [5, 5.41) is 3.57. The number of nitrogens with one attached hydrogen (secondary N) is 1. The molecule has 0 heterocycles. The molecule has 1 fully saturated rings. The zero-order valence-electron chi connectivity index (χ0n) is 20.8.